The fourth-order valence-corrected chi connectivity index (χ4v) is 4.16. The topological polar surface area (TPSA) is 85.4 Å². The van der Waals surface area contributed by atoms with Crippen molar-refractivity contribution in [3.05, 3.63) is 48.3 Å². The predicted octanol–water partition coefficient (Wildman–Crippen LogP) is 3.55. The number of hydrogen-bond acceptors (Lipinski definition) is 6. The van der Waals surface area contributed by atoms with E-state index < -0.39 is 15.9 Å². The average Bonchev–Trinajstić information content (AvgIpc) is 3.36. The number of carbonyl (C=O) groups excluding carboxylic acids is 1. The molecule has 1 N–H and O–H groups in total. The van der Waals surface area contributed by atoms with Crippen molar-refractivity contribution in [2.45, 2.75) is 17.7 Å². The first-order valence-corrected chi connectivity index (χ1v) is 10.0. The third kappa shape index (κ3) is 3.54. The molecule has 6 nitrogen and oxygen atoms in total. The monoisotopic (exact) mass is 392 g/mol. The van der Waals surface area contributed by atoms with Gasteiger partial charge in [-0.1, -0.05) is 11.3 Å². The van der Waals surface area contributed by atoms with Crippen LogP contribution in [0.5, 0.6) is 5.75 Å². The minimum Gasteiger partial charge on any atom is -0.379 e. The Bertz CT molecular complexity index is 1090. The van der Waals surface area contributed by atoms with E-state index in [0.29, 0.717) is 15.3 Å². The smallest absolute Gasteiger partial charge is 0.339 e. The van der Waals surface area contributed by atoms with Crippen LogP contribution in [0.2, 0.25) is 0 Å². The van der Waals surface area contributed by atoms with Crippen LogP contribution in [0.25, 0.3) is 10.2 Å². The zero-order valence-electron chi connectivity index (χ0n) is 13.3. The number of carbonyl (C=O) groups is 1. The lowest BCUT2D eigenvalue weighted by atomic mass is 10.3. The van der Waals surface area contributed by atoms with Gasteiger partial charge in [0.15, 0.2) is 5.13 Å². The molecule has 2 aromatic carbocycles. The van der Waals surface area contributed by atoms with Crippen molar-refractivity contribution in [1.82, 2.24) is 4.98 Å². The van der Waals surface area contributed by atoms with Crippen LogP contribution in [-0.2, 0) is 14.9 Å². The summed E-state index contributed by atoms with van der Waals surface area (Å²) in [5.41, 5.74) is 0.632. The number of fused-ring (bicyclic) bond motifs is 1. The largest absolute Gasteiger partial charge is 0.379 e. The number of rotatable bonds is 5. The van der Waals surface area contributed by atoms with E-state index in [4.69, 9.17) is 4.18 Å². The van der Waals surface area contributed by atoms with E-state index in [9.17, 15) is 17.6 Å². The summed E-state index contributed by atoms with van der Waals surface area (Å²) >= 11 is 1.24. The lowest BCUT2D eigenvalue weighted by molar-refractivity contribution is -0.117. The van der Waals surface area contributed by atoms with E-state index in [-0.39, 0.29) is 22.5 Å². The number of amides is 1. The molecule has 9 heteroatoms. The van der Waals surface area contributed by atoms with E-state index in [2.05, 4.69) is 10.3 Å². The number of hydrogen-bond donors (Lipinski definition) is 1. The highest BCUT2D eigenvalue weighted by molar-refractivity contribution is 7.87. The van der Waals surface area contributed by atoms with E-state index >= 15 is 0 Å². The highest BCUT2D eigenvalue weighted by Gasteiger charge is 2.30. The minimum atomic E-state index is -4.07. The summed E-state index contributed by atoms with van der Waals surface area (Å²) in [7, 11) is -4.07. The first-order chi connectivity index (χ1) is 12.4. The second kappa shape index (κ2) is 6.33. The van der Waals surface area contributed by atoms with Gasteiger partial charge in [0.25, 0.3) is 0 Å². The van der Waals surface area contributed by atoms with E-state index in [1.165, 1.54) is 17.4 Å². The van der Waals surface area contributed by atoms with Crippen LogP contribution in [-0.4, -0.2) is 19.3 Å². The van der Waals surface area contributed by atoms with Gasteiger partial charge in [0.1, 0.15) is 16.5 Å². The van der Waals surface area contributed by atoms with Crippen molar-refractivity contribution in [1.29, 1.82) is 0 Å². The molecule has 1 aliphatic rings. The molecule has 3 aromatic rings. The molecule has 0 radical (unpaired) electrons. The molecule has 4 rings (SSSR count). The number of aromatic nitrogens is 1. The van der Waals surface area contributed by atoms with Gasteiger partial charge in [0.05, 0.1) is 10.2 Å². The molecule has 1 aromatic heterocycles. The van der Waals surface area contributed by atoms with Crippen molar-refractivity contribution in [3.63, 3.8) is 0 Å². The number of nitrogens with zero attached hydrogens (tertiary/aromatic N) is 1. The molecule has 134 valence electrons. The molecule has 1 saturated carbocycles. The molecule has 1 heterocycles. The molecule has 0 saturated heterocycles. The van der Waals surface area contributed by atoms with Gasteiger partial charge in [-0.3, -0.25) is 4.79 Å². The Morgan fingerprint density at radius 1 is 1.19 bits per heavy atom. The molecular weight excluding hydrogens is 379 g/mol. The molecule has 0 spiro atoms. The SMILES string of the molecule is O=C(Nc1nc2ccc(OS(=O)(=O)c3ccc(F)cc3)cc2s1)C1CC1. The van der Waals surface area contributed by atoms with Crippen molar-refractivity contribution < 1.29 is 21.8 Å². The van der Waals surface area contributed by atoms with Crippen LogP contribution in [0.3, 0.4) is 0 Å². The summed E-state index contributed by atoms with van der Waals surface area (Å²) < 4.78 is 43.3. The fourth-order valence-electron chi connectivity index (χ4n) is 2.34. The minimum absolute atomic E-state index is 0.0422. The van der Waals surface area contributed by atoms with Crippen molar-refractivity contribution in [2.24, 2.45) is 5.92 Å². The van der Waals surface area contributed by atoms with Crippen LogP contribution in [0.15, 0.2) is 47.4 Å². The Morgan fingerprint density at radius 2 is 1.92 bits per heavy atom. The first-order valence-electron chi connectivity index (χ1n) is 7.82. The summed E-state index contributed by atoms with van der Waals surface area (Å²) in [5, 5.41) is 3.23. The lowest BCUT2D eigenvalue weighted by Gasteiger charge is -2.06. The summed E-state index contributed by atoms with van der Waals surface area (Å²) in [6, 6.07) is 9.03. The second-order valence-corrected chi connectivity index (χ2v) is 8.48. The Morgan fingerprint density at radius 3 is 2.62 bits per heavy atom. The fraction of sp³-hybridized carbons (Fsp3) is 0.176. The maximum absolute atomic E-state index is 13.0. The average molecular weight is 392 g/mol. The van der Waals surface area contributed by atoms with Gasteiger partial charge in [0.2, 0.25) is 5.91 Å². The maximum atomic E-state index is 13.0. The summed E-state index contributed by atoms with van der Waals surface area (Å²) in [6.07, 6.45) is 1.80. The van der Waals surface area contributed by atoms with Crippen LogP contribution in [0.1, 0.15) is 12.8 Å². The van der Waals surface area contributed by atoms with Gasteiger partial charge < -0.3 is 9.50 Å². The highest BCUT2D eigenvalue weighted by atomic mass is 32.2. The van der Waals surface area contributed by atoms with Gasteiger partial charge in [-0.05, 0) is 49.2 Å². The first kappa shape index (κ1) is 16.9. The highest BCUT2D eigenvalue weighted by Crippen LogP contribution is 2.33. The molecule has 0 unspecified atom stereocenters. The Hall–Kier alpha value is -2.52. The molecule has 0 bridgehead atoms. The van der Waals surface area contributed by atoms with E-state index in [1.807, 2.05) is 0 Å². The molecule has 1 amide bonds. The molecule has 0 atom stereocenters. The van der Waals surface area contributed by atoms with Crippen LogP contribution >= 0.6 is 11.3 Å². The normalized spacial score (nSPS) is 14.3. The zero-order valence-corrected chi connectivity index (χ0v) is 14.9. The number of anilines is 1. The molecule has 1 aliphatic carbocycles. The summed E-state index contributed by atoms with van der Waals surface area (Å²) in [4.78, 5) is 16.0. The van der Waals surface area contributed by atoms with Gasteiger partial charge in [-0.25, -0.2) is 9.37 Å². The van der Waals surface area contributed by atoms with Crippen molar-refractivity contribution in [2.75, 3.05) is 5.32 Å². The standard InChI is InChI=1S/C17H13FN2O4S2/c18-11-3-6-13(7-4-11)26(22,23)24-12-5-8-14-15(9-12)25-17(19-14)20-16(21)10-1-2-10/h3-10H,1-2H2,(H,19,20,21). The number of thiazole rings is 1. The number of halogens is 1. The molecule has 1 fully saturated rings. The molecule has 26 heavy (non-hydrogen) atoms. The van der Waals surface area contributed by atoms with E-state index in [1.54, 1.807) is 12.1 Å². The maximum Gasteiger partial charge on any atom is 0.339 e. The Kier molecular flexibility index (Phi) is 4.12. The van der Waals surface area contributed by atoms with Gasteiger partial charge in [-0.2, -0.15) is 8.42 Å². The Labute approximate surface area is 152 Å². The third-order valence-corrected chi connectivity index (χ3v) is 6.04. The van der Waals surface area contributed by atoms with Gasteiger partial charge >= 0.3 is 10.1 Å². The van der Waals surface area contributed by atoms with Crippen LogP contribution < -0.4 is 9.50 Å². The number of nitrogens with one attached hydrogen (secondary N) is 1. The van der Waals surface area contributed by atoms with E-state index in [0.717, 1.165) is 37.1 Å². The second-order valence-electron chi connectivity index (χ2n) is 5.90. The number of benzene rings is 2. The van der Waals surface area contributed by atoms with Crippen LogP contribution in [0, 0.1) is 11.7 Å². The lowest BCUT2D eigenvalue weighted by Crippen LogP contribution is -2.12. The Balaban J connectivity index is 1.56. The zero-order chi connectivity index (χ0) is 18.3. The molecular formula is C17H13FN2O4S2. The summed E-state index contributed by atoms with van der Waals surface area (Å²) in [6.45, 7) is 0. The predicted molar refractivity (Wildman–Crippen MR) is 95.2 cm³/mol. The molecule has 0 aliphatic heterocycles. The van der Waals surface area contributed by atoms with Gasteiger partial charge in [-0.15, -0.1) is 0 Å². The van der Waals surface area contributed by atoms with Crippen LogP contribution in [0.4, 0.5) is 9.52 Å². The quantitative estimate of drug-likeness (QED) is 0.671. The van der Waals surface area contributed by atoms with Crippen molar-refractivity contribution >= 4 is 42.7 Å². The summed E-state index contributed by atoms with van der Waals surface area (Å²) in [5.74, 6) is -0.387. The third-order valence-electron chi connectivity index (χ3n) is 3.85. The van der Waals surface area contributed by atoms with Gasteiger partial charge in [0, 0.05) is 12.0 Å². The van der Waals surface area contributed by atoms with Crippen molar-refractivity contribution in [3.8, 4) is 5.75 Å².